The lowest BCUT2D eigenvalue weighted by Gasteiger charge is -2.23. The standard InChI is InChI=1S/C20H24N4O2/c1-4-17-9-6-10-23(17)20(26)16-8-5-7-15(11-16)19-13(2)22-24(14(19)3)12-18(21)25/h5-9,11,17H,4,10,12H2,1-3H3,(H2,21,25)/t17-/m0/s1. The molecule has 0 spiro atoms. The zero-order valence-electron chi connectivity index (χ0n) is 15.4. The van der Waals surface area contributed by atoms with Gasteiger partial charge in [-0.25, -0.2) is 0 Å². The summed E-state index contributed by atoms with van der Waals surface area (Å²) >= 11 is 0. The number of hydrogen-bond donors (Lipinski definition) is 1. The quantitative estimate of drug-likeness (QED) is 0.839. The lowest BCUT2D eigenvalue weighted by molar-refractivity contribution is -0.118. The van der Waals surface area contributed by atoms with Gasteiger partial charge in [0, 0.05) is 23.4 Å². The van der Waals surface area contributed by atoms with Crippen LogP contribution in [0.25, 0.3) is 11.1 Å². The first-order valence-electron chi connectivity index (χ1n) is 8.82. The molecule has 2 N–H and O–H groups in total. The van der Waals surface area contributed by atoms with Gasteiger partial charge in [-0.05, 0) is 38.0 Å². The van der Waals surface area contributed by atoms with Gasteiger partial charge >= 0.3 is 0 Å². The lowest BCUT2D eigenvalue weighted by atomic mass is 10.0. The zero-order chi connectivity index (χ0) is 18.8. The first-order valence-corrected chi connectivity index (χ1v) is 8.82. The third kappa shape index (κ3) is 3.27. The molecule has 0 radical (unpaired) electrons. The summed E-state index contributed by atoms with van der Waals surface area (Å²) in [7, 11) is 0. The summed E-state index contributed by atoms with van der Waals surface area (Å²) in [4.78, 5) is 26.0. The Hall–Kier alpha value is -2.89. The molecule has 2 heterocycles. The van der Waals surface area contributed by atoms with Crippen LogP contribution in [0.4, 0.5) is 0 Å². The maximum absolute atomic E-state index is 12.9. The summed E-state index contributed by atoms with van der Waals surface area (Å²) in [6, 6.07) is 7.75. The summed E-state index contributed by atoms with van der Waals surface area (Å²) < 4.78 is 1.61. The second-order valence-corrected chi connectivity index (χ2v) is 6.61. The molecule has 0 saturated heterocycles. The van der Waals surface area contributed by atoms with Crippen molar-refractivity contribution in [1.29, 1.82) is 0 Å². The van der Waals surface area contributed by atoms with Crippen molar-refractivity contribution in [2.75, 3.05) is 6.54 Å². The largest absolute Gasteiger partial charge is 0.368 e. The lowest BCUT2D eigenvalue weighted by Crippen LogP contribution is -2.35. The Labute approximate surface area is 153 Å². The number of nitrogens with zero attached hydrogens (tertiary/aromatic N) is 3. The molecule has 1 aromatic carbocycles. The van der Waals surface area contributed by atoms with Crippen molar-refractivity contribution < 1.29 is 9.59 Å². The molecular formula is C20H24N4O2. The number of rotatable bonds is 5. The Morgan fingerprint density at radius 2 is 2.08 bits per heavy atom. The van der Waals surface area contributed by atoms with Crippen LogP contribution in [0.2, 0.25) is 0 Å². The van der Waals surface area contributed by atoms with Crippen molar-refractivity contribution in [1.82, 2.24) is 14.7 Å². The average molecular weight is 352 g/mol. The highest BCUT2D eigenvalue weighted by atomic mass is 16.2. The van der Waals surface area contributed by atoms with E-state index in [-0.39, 0.29) is 18.5 Å². The van der Waals surface area contributed by atoms with E-state index in [4.69, 9.17) is 5.73 Å². The van der Waals surface area contributed by atoms with Crippen molar-refractivity contribution in [3.05, 3.63) is 53.4 Å². The van der Waals surface area contributed by atoms with Gasteiger partial charge in [0.15, 0.2) is 0 Å². The Kier molecular flexibility index (Phi) is 4.93. The summed E-state index contributed by atoms with van der Waals surface area (Å²) in [6.07, 6.45) is 5.03. The van der Waals surface area contributed by atoms with Gasteiger partial charge in [-0.15, -0.1) is 0 Å². The molecule has 0 unspecified atom stereocenters. The zero-order valence-corrected chi connectivity index (χ0v) is 15.4. The normalized spacial score (nSPS) is 16.3. The van der Waals surface area contributed by atoms with Crippen LogP contribution in [0.1, 0.15) is 35.1 Å². The molecule has 1 atom stereocenters. The SMILES string of the molecule is CC[C@H]1C=CCN1C(=O)c1cccc(-c2c(C)nn(CC(N)=O)c2C)c1. The Bertz CT molecular complexity index is 882. The van der Waals surface area contributed by atoms with Gasteiger partial charge < -0.3 is 10.6 Å². The van der Waals surface area contributed by atoms with Crippen LogP contribution in [-0.4, -0.2) is 39.1 Å². The number of carbonyl (C=O) groups excluding carboxylic acids is 2. The predicted molar refractivity (Wildman–Crippen MR) is 101 cm³/mol. The summed E-state index contributed by atoms with van der Waals surface area (Å²) in [6.45, 7) is 6.58. The maximum Gasteiger partial charge on any atom is 0.254 e. The van der Waals surface area contributed by atoms with E-state index in [9.17, 15) is 9.59 Å². The highest BCUT2D eigenvalue weighted by Gasteiger charge is 2.25. The van der Waals surface area contributed by atoms with Crippen LogP contribution in [0, 0.1) is 13.8 Å². The van der Waals surface area contributed by atoms with E-state index in [0.29, 0.717) is 12.1 Å². The minimum atomic E-state index is -0.432. The number of nitrogens with two attached hydrogens (primary N) is 1. The molecule has 26 heavy (non-hydrogen) atoms. The number of carbonyl (C=O) groups is 2. The van der Waals surface area contributed by atoms with Crippen molar-refractivity contribution in [3.8, 4) is 11.1 Å². The van der Waals surface area contributed by atoms with Gasteiger partial charge in [0.05, 0.1) is 11.7 Å². The van der Waals surface area contributed by atoms with Crippen molar-refractivity contribution in [3.63, 3.8) is 0 Å². The fraction of sp³-hybridized carbons (Fsp3) is 0.350. The minimum absolute atomic E-state index is 0.0310. The molecule has 0 bridgehead atoms. The molecule has 2 aromatic rings. The minimum Gasteiger partial charge on any atom is -0.368 e. The molecule has 6 nitrogen and oxygen atoms in total. The van der Waals surface area contributed by atoms with Crippen LogP contribution in [0.5, 0.6) is 0 Å². The molecule has 136 valence electrons. The maximum atomic E-state index is 12.9. The molecule has 0 aliphatic carbocycles. The fourth-order valence-corrected chi connectivity index (χ4v) is 3.55. The van der Waals surface area contributed by atoms with Gasteiger partial charge in [0.25, 0.3) is 5.91 Å². The third-order valence-corrected chi connectivity index (χ3v) is 4.83. The second kappa shape index (κ2) is 7.15. The van der Waals surface area contributed by atoms with E-state index >= 15 is 0 Å². The highest BCUT2D eigenvalue weighted by molar-refractivity contribution is 5.96. The van der Waals surface area contributed by atoms with Crippen molar-refractivity contribution in [2.45, 2.75) is 39.8 Å². The van der Waals surface area contributed by atoms with Crippen LogP contribution in [0.15, 0.2) is 36.4 Å². The van der Waals surface area contributed by atoms with E-state index < -0.39 is 5.91 Å². The summed E-state index contributed by atoms with van der Waals surface area (Å²) in [5, 5.41) is 4.41. The van der Waals surface area contributed by atoms with Gasteiger partial charge in [0.1, 0.15) is 6.54 Å². The molecular weight excluding hydrogens is 328 g/mol. The van der Waals surface area contributed by atoms with Crippen LogP contribution in [-0.2, 0) is 11.3 Å². The first kappa shape index (κ1) is 17.9. The first-order chi connectivity index (χ1) is 12.4. The number of primary amides is 1. The van der Waals surface area contributed by atoms with Crippen molar-refractivity contribution >= 4 is 11.8 Å². The fourth-order valence-electron chi connectivity index (χ4n) is 3.55. The van der Waals surface area contributed by atoms with E-state index in [2.05, 4.69) is 18.1 Å². The topological polar surface area (TPSA) is 81.2 Å². The van der Waals surface area contributed by atoms with Crippen LogP contribution < -0.4 is 5.73 Å². The number of amides is 2. The van der Waals surface area contributed by atoms with E-state index in [0.717, 1.165) is 28.9 Å². The van der Waals surface area contributed by atoms with Gasteiger partial charge in [-0.2, -0.15) is 5.10 Å². The monoisotopic (exact) mass is 352 g/mol. The summed E-state index contributed by atoms with van der Waals surface area (Å²) in [5.74, 6) is -0.401. The second-order valence-electron chi connectivity index (χ2n) is 6.61. The molecule has 1 aromatic heterocycles. The predicted octanol–water partition coefficient (Wildman–Crippen LogP) is 2.44. The van der Waals surface area contributed by atoms with E-state index in [1.807, 2.05) is 49.1 Å². The molecule has 2 amide bonds. The van der Waals surface area contributed by atoms with Crippen molar-refractivity contribution in [2.24, 2.45) is 5.73 Å². The molecule has 0 saturated carbocycles. The number of aryl methyl sites for hydroxylation is 1. The Morgan fingerprint density at radius 1 is 1.31 bits per heavy atom. The van der Waals surface area contributed by atoms with Gasteiger partial charge in [0.2, 0.25) is 5.91 Å². The smallest absolute Gasteiger partial charge is 0.254 e. The molecule has 0 fully saturated rings. The Morgan fingerprint density at radius 3 is 2.77 bits per heavy atom. The Balaban J connectivity index is 1.94. The number of aromatic nitrogens is 2. The average Bonchev–Trinajstić information content (AvgIpc) is 3.18. The van der Waals surface area contributed by atoms with Crippen LogP contribution in [0.3, 0.4) is 0 Å². The summed E-state index contributed by atoms with van der Waals surface area (Å²) in [5.41, 5.74) is 9.48. The highest BCUT2D eigenvalue weighted by Crippen LogP contribution is 2.28. The van der Waals surface area contributed by atoms with Crippen LogP contribution >= 0.6 is 0 Å². The van der Waals surface area contributed by atoms with Gasteiger partial charge in [-0.1, -0.05) is 31.2 Å². The molecule has 1 aliphatic rings. The van der Waals surface area contributed by atoms with E-state index in [1.165, 1.54) is 0 Å². The van der Waals surface area contributed by atoms with E-state index in [1.54, 1.807) is 4.68 Å². The third-order valence-electron chi connectivity index (χ3n) is 4.83. The molecule has 1 aliphatic heterocycles. The number of benzene rings is 1. The molecule has 3 rings (SSSR count). The molecule has 6 heteroatoms. The number of hydrogen-bond acceptors (Lipinski definition) is 3. The van der Waals surface area contributed by atoms with Gasteiger partial charge in [-0.3, -0.25) is 14.3 Å².